The Bertz CT molecular complexity index is 1990. The van der Waals surface area contributed by atoms with Crippen molar-refractivity contribution in [2.75, 3.05) is 0 Å². The highest BCUT2D eigenvalue weighted by atomic mass is 19.1. The number of aromatic nitrogens is 1. The van der Waals surface area contributed by atoms with Crippen LogP contribution in [0.1, 0.15) is 19.8 Å². The van der Waals surface area contributed by atoms with Gasteiger partial charge >= 0.3 is 0 Å². The monoisotopic (exact) mass is 599 g/mol. The zero-order valence-corrected chi connectivity index (χ0v) is 24.6. The van der Waals surface area contributed by atoms with Crippen LogP contribution in [0.2, 0.25) is 0 Å². The van der Waals surface area contributed by atoms with Crippen molar-refractivity contribution in [1.82, 2.24) is 4.57 Å². The van der Waals surface area contributed by atoms with E-state index in [1.807, 2.05) is 0 Å². The van der Waals surface area contributed by atoms with Crippen LogP contribution in [0, 0.1) is 23.3 Å². The van der Waals surface area contributed by atoms with E-state index in [4.69, 9.17) is 0 Å². The topological polar surface area (TPSA) is 4.93 Å². The minimum Gasteiger partial charge on any atom is -0.340 e. The third-order valence-corrected chi connectivity index (χ3v) is 8.50. The van der Waals surface area contributed by atoms with Gasteiger partial charge in [-0.1, -0.05) is 61.9 Å². The average molecular weight is 600 g/mol. The maximum absolute atomic E-state index is 14.0. The predicted octanol–water partition coefficient (Wildman–Crippen LogP) is 11.8. The van der Waals surface area contributed by atoms with Crippen LogP contribution in [0.15, 0.2) is 121 Å². The van der Waals surface area contributed by atoms with Crippen molar-refractivity contribution in [2.45, 2.75) is 26.3 Å². The Morgan fingerprint density at radius 2 is 0.711 bits per heavy atom. The van der Waals surface area contributed by atoms with Gasteiger partial charge in [-0.3, -0.25) is 0 Å². The van der Waals surface area contributed by atoms with Crippen LogP contribution >= 0.6 is 0 Å². The van der Waals surface area contributed by atoms with Crippen LogP contribution in [0.5, 0.6) is 0 Å². The van der Waals surface area contributed by atoms with Gasteiger partial charge in [0.05, 0.1) is 0 Å². The second-order valence-electron chi connectivity index (χ2n) is 11.4. The van der Waals surface area contributed by atoms with E-state index >= 15 is 0 Å². The molecule has 0 aliphatic heterocycles. The highest BCUT2D eigenvalue weighted by Crippen LogP contribution is 2.43. The second kappa shape index (κ2) is 11.7. The van der Waals surface area contributed by atoms with E-state index < -0.39 is 0 Å². The van der Waals surface area contributed by atoms with Gasteiger partial charge in [-0.15, -0.1) is 0 Å². The van der Waals surface area contributed by atoms with Crippen LogP contribution in [-0.2, 0) is 6.54 Å². The molecule has 0 atom stereocenters. The maximum atomic E-state index is 14.0. The molecule has 0 aliphatic carbocycles. The van der Waals surface area contributed by atoms with Crippen LogP contribution in [0.3, 0.4) is 0 Å². The predicted molar refractivity (Wildman–Crippen MR) is 176 cm³/mol. The first-order chi connectivity index (χ1) is 21.9. The third-order valence-electron chi connectivity index (χ3n) is 8.50. The molecule has 6 aromatic carbocycles. The fourth-order valence-electron chi connectivity index (χ4n) is 6.21. The fraction of sp³-hybridized carbons (Fsp3) is 0.100. The molecule has 0 aliphatic rings. The maximum Gasteiger partial charge on any atom is 0.123 e. The summed E-state index contributed by atoms with van der Waals surface area (Å²) in [6.45, 7) is 2.93. The first-order valence-electron chi connectivity index (χ1n) is 15.1. The quantitative estimate of drug-likeness (QED) is 0.161. The summed E-state index contributed by atoms with van der Waals surface area (Å²) in [4.78, 5) is 0. The molecule has 0 saturated carbocycles. The van der Waals surface area contributed by atoms with Gasteiger partial charge in [0.2, 0.25) is 0 Å². The molecule has 0 unspecified atom stereocenters. The lowest BCUT2D eigenvalue weighted by atomic mass is 9.90. The molecule has 1 nitrogen and oxygen atoms in total. The number of aryl methyl sites for hydroxylation is 1. The van der Waals surface area contributed by atoms with Gasteiger partial charge in [0.1, 0.15) is 23.3 Å². The minimum absolute atomic E-state index is 0.318. The van der Waals surface area contributed by atoms with Gasteiger partial charge < -0.3 is 4.57 Å². The molecule has 222 valence electrons. The molecule has 1 aromatic heterocycles. The van der Waals surface area contributed by atoms with Gasteiger partial charge in [0, 0.05) is 28.4 Å². The van der Waals surface area contributed by atoms with Crippen molar-refractivity contribution >= 4 is 21.8 Å². The largest absolute Gasteiger partial charge is 0.340 e. The second-order valence-corrected chi connectivity index (χ2v) is 11.4. The highest BCUT2D eigenvalue weighted by Gasteiger charge is 2.20. The summed E-state index contributed by atoms with van der Waals surface area (Å²) in [7, 11) is 0. The van der Waals surface area contributed by atoms with E-state index in [0.717, 1.165) is 85.7 Å². The standard InChI is InChI=1S/C40H29F4N/c1-2-3-20-45-39-23-35(27-8-16-31(43)17-9-27)33(25-4-12-29(41)13-5-25)21-37(39)38-22-34(26-6-14-30(42)15-7-26)36(24-40(38)45)28-10-18-32(44)19-11-28/h4-19,21-24H,2-3,20H2,1H3. The van der Waals surface area contributed by atoms with Gasteiger partial charge in [-0.05, 0) is 124 Å². The van der Waals surface area contributed by atoms with E-state index in [-0.39, 0.29) is 23.3 Å². The molecular formula is C40H29F4N. The molecule has 5 heteroatoms. The summed E-state index contributed by atoms with van der Waals surface area (Å²) in [5.41, 5.74) is 9.04. The van der Waals surface area contributed by atoms with Gasteiger partial charge in [0.15, 0.2) is 0 Å². The molecule has 7 rings (SSSR count). The molecule has 45 heavy (non-hydrogen) atoms. The Morgan fingerprint density at radius 1 is 0.422 bits per heavy atom. The van der Waals surface area contributed by atoms with E-state index in [1.54, 1.807) is 48.5 Å². The lowest BCUT2D eigenvalue weighted by Gasteiger charge is -2.14. The lowest BCUT2D eigenvalue weighted by Crippen LogP contribution is -1.98. The fourth-order valence-corrected chi connectivity index (χ4v) is 6.21. The number of hydrogen-bond donors (Lipinski definition) is 0. The van der Waals surface area contributed by atoms with Crippen molar-refractivity contribution in [3.05, 3.63) is 145 Å². The summed E-state index contributed by atoms with van der Waals surface area (Å²) in [6.07, 6.45) is 1.95. The molecule has 0 saturated heterocycles. The molecule has 0 radical (unpaired) electrons. The SMILES string of the molecule is CCCCn1c2cc(-c3ccc(F)cc3)c(-c3ccc(F)cc3)cc2c2cc(-c3ccc(F)cc3)c(-c3ccc(F)cc3)cc21. The van der Waals surface area contributed by atoms with E-state index in [0.29, 0.717) is 0 Å². The zero-order valence-electron chi connectivity index (χ0n) is 24.6. The van der Waals surface area contributed by atoms with E-state index in [2.05, 4.69) is 35.8 Å². The van der Waals surface area contributed by atoms with Crippen LogP contribution in [-0.4, -0.2) is 4.57 Å². The Hall–Kier alpha value is -5.16. The molecule has 0 fully saturated rings. The zero-order chi connectivity index (χ0) is 31.1. The smallest absolute Gasteiger partial charge is 0.123 e. The lowest BCUT2D eigenvalue weighted by molar-refractivity contribution is 0.627. The molecule has 1 heterocycles. The Labute approximate surface area is 259 Å². The molecule has 0 spiro atoms. The summed E-state index contributed by atoms with van der Waals surface area (Å²) < 4.78 is 58.3. The first-order valence-corrected chi connectivity index (χ1v) is 15.1. The Morgan fingerprint density at radius 3 is 1.00 bits per heavy atom. The number of rotatable bonds is 7. The molecule has 0 bridgehead atoms. The van der Waals surface area contributed by atoms with Crippen LogP contribution in [0.4, 0.5) is 17.6 Å². The van der Waals surface area contributed by atoms with Crippen molar-refractivity contribution in [2.24, 2.45) is 0 Å². The Balaban J connectivity index is 1.59. The third kappa shape index (κ3) is 5.40. The molecule has 0 N–H and O–H groups in total. The first kappa shape index (κ1) is 28.6. The summed E-state index contributed by atoms with van der Waals surface area (Å²) in [5, 5.41) is 2.03. The highest BCUT2D eigenvalue weighted by molar-refractivity contribution is 6.14. The van der Waals surface area contributed by atoms with E-state index in [9.17, 15) is 17.6 Å². The number of hydrogen-bond acceptors (Lipinski definition) is 0. The summed E-state index contributed by atoms with van der Waals surface area (Å²) in [5.74, 6) is -1.28. The van der Waals surface area contributed by atoms with Crippen molar-refractivity contribution in [3.63, 3.8) is 0 Å². The number of benzene rings is 6. The number of fused-ring (bicyclic) bond motifs is 3. The summed E-state index contributed by atoms with van der Waals surface area (Å²) in [6, 6.07) is 34.2. The number of nitrogens with zero attached hydrogens (tertiary/aromatic N) is 1. The Kier molecular flexibility index (Phi) is 7.46. The molecule has 0 amide bonds. The summed E-state index contributed by atoms with van der Waals surface area (Å²) >= 11 is 0. The van der Waals surface area contributed by atoms with E-state index in [1.165, 1.54) is 48.5 Å². The van der Waals surface area contributed by atoms with Crippen LogP contribution in [0.25, 0.3) is 66.3 Å². The average Bonchev–Trinajstić information content (AvgIpc) is 3.35. The van der Waals surface area contributed by atoms with Crippen molar-refractivity contribution < 1.29 is 17.6 Å². The molecular weight excluding hydrogens is 570 g/mol. The van der Waals surface area contributed by atoms with Crippen LogP contribution < -0.4 is 0 Å². The van der Waals surface area contributed by atoms with Crippen molar-refractivity contribution in [1.29, 1.82) is 0 Å². The number of unbranched alkanes of at least 4 members (excludes halogenated alkanes) is 1. The number of halogens is 4. The van der Waals surface area contributed by atoms with Gasteiger partial charge in [-0.2, -0.15) is 0 Å². The van der Waals surface area contributed by atoms with Gasteiger partial charge in [0.25, 0.3) is 0 Å². The van der Waals surface area contributed by atoms with Gasteiger partial charge in [-0.25, -0.2) is 17.6 Å². The molecule has 7 aromatic rings. The minimum atomic E-state index is -0.323. The normalized spacial score (nSPS) is 11.5. The van der Waals surface area contributed by atoms with Crippen molar-refractivity contribution in [3.8, 4) is 44.5 Å².